The number of primary sulfonamides is 1. The summed E-state index contributed by atoms with van der Waals surface area (Å²) in [6.45, 7) is 1.51. The van der Waals surface area contributed by atoms with E-state index < -0.39 is 16.1 Å². The third-order valence-corrected chi connectivity index (χ3v) is 4.17. The average Bonchev–Trinajstić information content (AvgIpc) is 2.32. The van der Waals surface area contributed by atoms with E-state index >= 15 is 0 Å². The van der Waals surface area contributed by atoms with Gasteiger partial charge in [0.1, 0.15) is 15.7 Å². The Kier molecular flexibility index (Phi) is 5.03. The number of amides is 1. The molecule has 0 aliphatic heterocycles. The second-order valence-corrected chi connectivity index (χ2v) is 5.89. The fourth-order valence-electron chi connectivity index (χ4n) is 1.27. The average molecular weight is 327 g/mol. The third-order valence-electron chi connectivity index (χ3n) is 2.24. The SMILES string of the molecule is CNC(=O)C(C)Oc1ccc(S(N)(=O)=O)c(Cl)c1Cl. The third kappa shape index (κ3) is 3.73. The quantitative estimate of drug-likeness (QED) is 0.867. The molecule has 19 heavy (non-hydrogen) atoms. The number of carbonyl (C=O) groups is 1. The number of sulfonamides is 1. The molecule has 1 amide bonds. The molecule has 1 aromatic carbocycles. The first kappa shape index (κ1) is 16.0. The highest BCUT2D eigenvalue weighted by molar-refractivity contribution is 7.89. The number of halogens is 2. The molecule has 6 nitrogen and oxygen atoms in total. The zero-order chi connectivity index (χ0) is 14.8. The van der Waals surface area contributed by atoms with Crippen molar-refractivity contribution in [3.8, 4) is 5.75 Å². The maximum atomic E-state index is 11.3. The van der Waals surface area contributed by atoms with Crippen LogP contribution in [0, 0.1) is 0 Å². The van der Waals surface area contributed by atoms with Crippen LogP contribution in [0.4, 0.5) is 0 Å². The van der Waals surface area contributed by atoms with Gasteiger partial charge in [0.2, 0.25) is 10.0 Å². The number of hydrogen-bond acceptors (Lipinski definition) is 4. The van der Waals surface area contributed by atoms with Crippen molar-refractivity contribution >= 4 is 39.1 Å². The molecular formula is C10H12Cl2N2O4S. The van der Waals surface area contributed by atoms with Crippen molar-refractivity contribution in [2.45, 2.75) is 17.9 Å². The molecule has 0 heterocycles. The maximum Gasteiger partial charge on any atom is 0.260 e. The zero-order valence-corrected chi connectivity index (χ0v) is 12.4. The highest BCUT2D eigenvalue weighted by Crippen LogP contribution is 2.36. The van der Waals surface area contributed by atoms with E-state index in [0.29, 0.717) is 0 Å². The number of ether oxygens (including phenoxy) is 1. The molecule has 3 N–H and O–H groups in total. The van der Waals surface area contributed by atoms with Crippen molar-refractivity contribution in [1.29, 1.82) is 0 Å². The fraction of sp³-hybridized carbons (Fsp3) is 0.300. The monoisotopic (exact) mass is 326 g/mol. The molecule has 0 saturated heterocycles. The van der Waals surface area contributed by atoms with Crippen LogP contribution in [0.25, 0.3) is 0 Å². The van der Waals surface area contributed by atoms with Crippen LogP contribution in [0.1, 0.15) is 6.92 Å². The Labute approximate surface area is 120 Å². The number of hydrogen-bond donors (Lipinski definition) is 2. The molecule has 9 heteroatoms. The first-order chi connectivity index (χ1) is 8.68. The van der Waals surface area contributed by atoms with Gasteiger partial charge in [-0.1, -0.05) is 23.2 Å². The summed E-state index contributed by atoms with van der Waals surface area (Å²) in [6, 6.07) is 2.45. The van der Waals surface area contributed by atoms with Gasteiger partial charge in [0, 0.05) is 7.05 Å². The smallest absolute Gasteiger partial charge is 0.260 e. The van der Waals surface area contributed by atoms with Gasteiger partial charge in [0.05, 0.1) is 5.02 Å². The molecular weight excluding hydrogens is 315 g/mol. The largest absolute Gasteiger partial charge is 0.479 e. The van der Waals surface area contributed by atoms with Crippen molar-refractivity contribution in [2.24, 2.45) is 5.14 Å². The van der Waals surface area contributed by atoms with Gasteiger partial charge in [0.15, 0.2) is 6.10 Å². The Morgan fingerprint density at radius 3 is 2.42 bits per heavy atom. The van der Waals surface area contributed by atoms with Crippen molar-refractivity contribution < 1.29 is 17.9 Å². The Morgan fingerprint density at radius 1 is 1.37 bits per heavy atom. The lowest BCUT2D eigenvalue weighted by Crippen LogP contribution is -2.33. The summed E-state index contributed by atoms with van der Waals surface area (Å²) in [4.78, 5) is 11.0. The Balaban J connectivity index is 3.14. The highest BCUT2D eigenvalue weighted by Gasteiger charge is 2.21. The number of rotatable bonds is 4. The van der Waals surface area contributed by atoms with Crippen LogP contribution in [0.5, 0.6) is 5.75 Å². The minimum absolute atomic E-state index is 0.0927. The summed E-state index contributed by atoms with van der Waals surface area (Å²) < 4.78 is 27.7. The van der Waals surface area contributed by atoms with E-state index in [9.17, 15) is 13.2 Å². The predicted octanol–water partition coefficient (Wildman–Crippen LogP) is 1.15. The summed E-state index contributed by atoms with van der Waals surface area (Å²) in [5, 5.41) is 7.00. The standard InChI is InChI=1S/C10H12Cl2N2O4S/c1-5(10(15)14-2)18-6-3-4-7(19(13,16)17)9(12)8(6)11/h3-5H,1-2H3,(H,14,15)(H2,13,16,17). The Bertz CT molecular complexity index is 604. The van der Waals surface area contributed by atoms with Crippen LogP contribution in [0.3, 0.4) is 0 Å². The summed E-state index contributed by atoms with van der Waals surface area (Å²) >= 11 is 11.7. The summed E-state index contributed by atoms with van der Waals surface area (Å²) in [5.74, 6) is -0.266. The van der Waals surface area contributed by atoms with Crippen molar-refractivity contribution in [3.05, 3.63) is 22.2 Å². The Hall–Kier alpha value is -1.02. The Morgan fingerprint density at radius 2 is 1.95 bits per heavy atom. The van der Waals surface area contributed by atoms with Gasteiger partial charge in [0.25, 0.3) is 5.91 Å². The second kappa shape index (κ2) is 5.96. The maximum absolute atomic E-state index is 11.3. The van der Waals surface area contributed by atoms with E-state index in [1.54, 1.807) is 0 Å². The zero-order valence-electron chi connectivity index (χ0n) is 10.1. The number of likely N-dealkylation sites (N-methyl/N-ethyl adjacent to an activating group) is 1. The minimum atomic E-state index is -3.97. The lowest BCUT2D eigenvalue weighted by molar-refractivity contribution is -0.126. The molecule has 0 spiro atoms. The molecule has 0 fully saturated rings. The van der Waals surface area contributed by atoms with Gasteiger partial charge in [-0.15, -0.1) is 0 Å². The number of carbonyl (C=O) groups excluding carboxylic acids is 1. The molecule has 0 aliphatic carbocycles. The summed E-state index contributed by atoms with van der Waals surface area (Å²) in [7, 11) is -2.51. The number of benzene rings is 1. The molecule has 1 unspecified atom stereocenters. The van der Waals surface area contributed by atoms with E-state index in [2.05, 4.69) is 5.32 Å². The van der Waals surface area contributed by atoms with Crippen molar-refractivity contribution in [3.63, 3.8) is 0 Å². The van der Waals surface area contributed by atoms with E-state index in [0.717, 1.165) is 6.07 Å². The van der Waals surface area contributed by atoms with Gasteiger partial charge in [-0.25, -0.2) is 13.6 Å². The molecule has 106 valence electrons. The molecule has 0 aromatic heterocycles. The van der Waals surface area contributed by atoms with Gasteiger partial charge < -0.3 is 10.1 Å². The second-order valence-electron chi connectivity index (χ2n) is 3.61. The van der Waals surface area contributed by atoms with Crippen LogP contribution in [0.2, 0.25) is 10.0 Å². The number of nitrogens with one attached hydrogen (secondary N) is 1. The van der Waals surface area contributed by atoms with Gasteiger partial charge >= 0.3 is 0 Å². The molecule has 0 aliphatic rings. The van der Waals surface area contributed by atoms with Gasteiger partial charge in [-0.05, 0) is 19.1 Å². The molecule has 0 bridgehead atoms. The van der Waals surface area contributed by atoms with Crippen LogP contribution >= 0.6 is 23.2 Å². The molecule has 0 radical (unpaired) electrons. The normalized spacial score (nSPS) is 12.9. The molecule has 1 atom stereocenters. The van der Waals surface area contributed by atoms with Crippen molar-refractivity contribution in [1.82, 2.24) is 5.32 Å². The first-order valence-electron chi connectivity index (χ1n) is 5.07. The molecule has 0 saturated carbocycles. The summed E-state index contributed by atoms with van der Waals surface area (Å²) in [5.41, 5.74) is 0. The fourth-order valence-corrected chi connectivity index (χ4v) is 2.63. The van der Waals surface area contributed by atoms with E-state index in [-0.39, 0.29) is 26.6 Å². The predicted molar refractivity (Wildman–Crippen MR) is 72.0 cm³/mol. The van der Waals surface area contributed by atoms with Crippen molar-refractivity contribution in [2.75, 3.05) is 7.05 Å². The van der Waals surface area contributed by atoms with E-state index in [1.807, 2.05) is 0 Å². The van der Waals surface area contributed by atoms with Crippen LogP contribution in [-0.2, 0) is 14.8 Å². The van der Waals surface area contributed by atoms with Crippen LogP contribution in [-0.4, -0.2) is 27.5 Å². The van der Waals surface area contributed by atoms with Gasteiger partial charge in [-0.3, -0.25) is 4.79 Å². The lowest BCUT2D eigenvalue weighted by Gasteiger charge is -2.15. The first-order valence-corrected chi connectivity index (χ1v) is 7.37. The highest BCUT2D eigenvalue weighted by atomic mass is 35.5. The van der Waals surface area contributed by atoms with Gasteiger partial charge in [-0.2, -0.15) is 0 Å². The summed E-state index contributed by atoms with van der Waals surface area (Å²) in [6.07, 6.45) is -0.807. The van der Waals surface area contributed by atoms with Crippen LogP contribution in [0.15, 0.2) is 17.0 Å². The minimum Gasteiger partial charge on any atom is -0.479 e. The lowest BCUT2D eigenvalue weighted by atomic mass is 10.3. The molecule has 1 rings (SSSR count). The topological polar surface area (TPSA) is 98.5 Å². The number of nitrogens with two attached hydrogens (primary N) is 1. The van der Waals surface area contributed by atoms with Crippen LogP contribution < -0.4 is 15.2 Å². The van der Waals surface area contributed by atoms with E-state index in [4.69, 9.17) is 33.1 Å². The van der Waals surface area contributed by atoms with E-state index in [1.165, 1.54) is 20.0 Å². The molecule has 1 aromatic rings.